The Morgan fingerprint density at radius 2 is 1.81 bits per heavy atom. The van der Waals surface area contributed by atoms with Gasteiger partial charge in [-0.05, 0) is 74.6 Å². The van der Waals surface area contributed by atoms with Gasteiger partial charge in [0.1, 0.15) is 5.75 Å². The Morgan fingerprint density at radius 1 is 1.16 bits per heavy atom. The molecule has 0 fully saturated rings. The van der Waals surface area contributed by atoms with Crippen molar-refractivity contribution in [3.63, 3.8) is 0 Å². The van der Waals surface area contributed by atoms with Crippen LogP contribution in [0.4, 0.5) is 0 Å². The van der Waals surface area contributed by atoms with Crippen LogP contribution in [0.5, 0.6) is 5.75 Å². The van der Waals surface area contributed by atoms with Gasteiger partial charge in [-0.25, -0.2) is 18.7 Å². The normalized spacial score (nSPS) is 13.2. The lowest BCUT2D eigenvalue weighted by Crippen LogP contribution is -2.55. The van der Waals surface area contributed by atoms with Gasteiger partial charge in [0, 0.05) is 5.56 Å². The highest BCUT2D eigenvalue weighted by Crippen LogP contribution is 2.30. The van der Waals surface area contributed by atoms with Crippen molar-refractivity contribution >= 4 is 21.7 Å². The van der Waals surface area contributed by atoms with Crippen molar-refractivity contribution in [1.82, 2.24) is 5.48 Å². The number of nitrogens with one attached hydrogen (secondary N) is 1. The maximum atomic E-state index is 13.3. The van der Waals surface area contributed by atoms with Crippen molar-refractivity contribution in [1.29, 1.82) is 0 Å². The van der Waals surface area contributed by atoms with Gasteiger partial charge in [-0.15, -0.1) is 0 Å². The summed E-state index contributed by atoms with van der Waals surface area (Å²) in [5, 5.41) is 8.99. The number of hydrogen-bond donors (Lipinski definition) is 3. The van der Waals surface area contributed by atoms with Gasteiger partial charge >= 0.3 is 5.97 Å². The van der Waals surface area contributed by atoms with Gasteiger partial charge in [0.05, 0.1) is 18.6 Å². The molecule has 1 atom stereocenters. The maximum Gasteiger partial charge on any atom is 0.342 e. The fourth-order valence-corrected chi connectivity index (χ4v) is 5.01. The highest BCUT2D eigenvalue weighted by Gasteiger charge is 2.49. The zero-order valence-electron chi connectivity index (χ0n) is 18.3. The molecular formula is C22H28N2O7S. The summed E-state index contributed by atoms with van der Waals surface area (Å²) in [4.78, 5) is 22.2. The van der Waals surface area contributed by atoms with E-state index in [1.807, 2.05) is 0 Å². The zero-order chi connectivity index (χ0) is 23.9. The van der Waals surface area contributed by atoms with Crippen molar-refractivity contribution in [3.8, 4) is 5.75 Å². The predicted molar refractivity (Wildman–Crippen MR) is 117 cm³/mol. The Labute approximate surface area is 187 Å². The third-order valence-corrected chi connectivity index (χ3v) is 7.42. The van der Waals surface area contributed by atoms with Crippen LogP contribution in [0.3, 0.4) is 0 Å². The molecular weight excluding hydrogens is 436 g/mol. The van der Waals surface area contributed by atoms with E-state index in [2.05, 4.69) is 0 Å². The zero-order valence-corrected chi connectivity index (χ0v) is 19.1. The largest absolute Gasteiger partial charge is 0.497 e. The number of carbonyl (C=O) groups is 2. The first-order valence-electron chi connectivity index (χ1n) is 10.00. The summed E-state index contributed by atoms with van der Waals surface area (Å²) in [7, 11) is -2.86. The van der Waals surface area contributed by atoms with E-state index in [0.29, 0.717) is 11.3 Å². The molecule has 1 amide bonds. The third-order valence-electron chi connectivity index (χ3n) is 5.20. The number of amides is 1. The van der Waals surface area contributed by atoms with Crippen LogP contribution in [-0.2, 0) is 25.8 Å². The maximum absolute atomic E-state index is 13.3. The average molecular weight is 465 g/mol. The number of hydroxylamine groups is 1. The van der Waals surface area contributed by atoms with E-state index < -0.39 is 26.6 Å². The highest BCUT2D eigenvalue weighted by molar-refractivity contribution is 7.93. The molecule has 32 heavy (non-hydrogen) atoms. The second-order valence-corrected chi connectivity index (χ2v) is 9.39. The molecule has 174 valence electrons. The molecule has 0 aliphatic rings. The lowest BCUT2D eigenvalue weighted by Gasteiger charge is -2.27. The van der Waals surface area contributed by atoms with E-state index in [9.17, 15) is 18.0 Å². The molecule has 0 saturated carbocycles. The second-order valence-electron chi connectivity index (χ2n) is 7.18. The van der Waals surface area contributed by atoms with Gasteiger partial charge in [-0.2, -0.15) is 0 Å². The summed E-state index contributed by atoms with van der Waals surface area (Å²) in [6.07, 6.45) is 0.182. The molecule has 2 rings (SSSR count). The smallest absolute Gasteiger partial charge is 0.342 e. The molecule has 9 nitrogen and oxygen atoms in total. The Kier molecular flexibility index (Phi) is 8.37. The van der Waals surface area contributed by atoms with Gasteiger partial charge < -0.3 is 15.2 Å². The molecule has 0 radical (unpaired) electrons. The first kappa shape index (κ1) is 25.3. The number of nitrogens with two attached hydrogens (primary N) is 1. The Balaban J connectivity index is 2.36. The molecule has 0 bridgehead atoms. The van der Waals surface area contributed by atoms with Crippen LogP contribution < -0.4 is 16.0 Å². The highest BCUT2D eigenvalue weighted by atomic mass is 32.2. The minimum Gasteiger partial charge on any atom is -0.497 e. The molecule has 4 N–H and O–H groups in total. The molecule has 2 aromatic rings. The first-order valence-corrected chi connectivity index (χ1v) is 11.5. The van der Waals surface area contributed by atoms with Crippen LogP contribution in [0.25, 0.3) is 0 Å². The molecule has 2 aromatic carbocycles. The van der Waals surface area contributed by atoms with Crippen LogP contribution >= 0.6 is 0 Å². The number of esters is 1. The Morgan fingerprint density at radius 3 is 2.38 bits per heavy atom. The lowest BCUT2D eigenvalue weighted by atomic mass is 9.95. The van der Waals surface area contributed by atoms with E-state index in [0.717, 1.165) is 5.56 Å². The summed E-state index contributed by atoms with van der Waals surface area (Å²) in [6.45, 7) is 3.32. The molecule has 0 heterocycles. The minimum absolute atomic E-state index is 0.0332. The molecule has 0 aliphatic carbocycles. The summed E-state index contributed by atoms with van der Waals surface area (Å²) >= 11 is 0. The number of sulfone groups is 1. The lowest BCUT2D eigenvalue weighted by molar-refractivity contribution is -0.146. The summed E-state index contributed by atoms with van der Waals surface area (Å²) in [6, 6.07) is 10.6. The third kappa shape index (κ3) is 5.09. The predicted octanol–water partition coefficient (Wildman–Crippen LogP) is 2.14. The summed E-state index contributed by atoms with van der Waals surface area (Å²) in [5.41, 5.74) is 9.47. The average Bonchev–Trinajstić information content (AvgIpc) is 2.79. The fraction of sp³-hybridized carbons (Fsp3) is 0.364. The fourth-order valence-electron chi connectivity index (χ4n) is 3.40. The topological polar surface area (TPSA) is 145 Å². The van der Waals surface area contributed by atoms with Gasteiger partial charge in [-0.3, -0.25) is 10.0 Å². The number of methoxy groups -OCH3 is 1. The number of carbonyl (C=O) groups excluding carboxylic acids is 2. The number of rotatable bonds is 10. The SMILES string of the molecule is CCOC(=O)C(N)(CCCc1c(C)cccc1C(=O)NO)S(=O)(=O)c1ccc(OC)cc1. The first-order chi connectivity index (χ1) is 15.1. The quantitative estimate of drug-likeness (QED) is 0.275. The Bertz CT molecular complexity index is 1070. The van der Waals surface area contributed by atoms with Crippen molar-refractivity contribution < 1.29 is 32.7 Å². The number of ether oxygens (including phenoxy) is 2. The summed E-state index contributed by atoms with van der Waals surface area (Å²) < 4.78 is 36.7. The van der Waals surface area contributed by atoms with Crippen LogP contribution in [0.15, 0.2) is 47.4 Å². The van der Waals surface area contributed by atoms with Crippen molar-refractivity contribution in [2.24, 2.45) is 5.73 Å². The van der Waals surface area contributed by atoms with Crippen LogP contribution in [0.2, 0.25) is 0 Å². The van der Waals surface area contributed by atoms with Gasteiger partial charge in [0.15, 0.2) is 0 Å². The van der Waals surface area contributed by atoms with Crippen molar-refractivity contribution in [2.45, 2.75) is 42.9 Å². The standard InChI is InChI=1S/C22H28N2O7S/c1-4-31-21(26)22(23,32(28,29)17-12-10-16(30-3)11-13-17)14-6-9-18-15(2)7-5-8-19(18)20(25)24-27/h5,7-8,10-13,27H,4,6,9,14,23H2,1-3H3,(H,24,25). The van der Waals surface area contributed by atoms with Gasteiger partial charge in [0.25, 0.3) is 5.91 Å². The van der Waals surface area contributed by atoms with E-state index in [1.54, 1.807) is 37.5 Å². The van der Waals surface area contributed by atoms with Crippen LogP contribution in [0, 0.1) is 6.92 Å². The molecule has 0 aromatic heterocycles. The van der Waals surface area contributed by atoms with E-state index >= 15 is 0 Å². The van der Waals surface area contributed by atoms with Crippen molar-refractivity contribution in [3.05, 3.63) is 59.2 Å². The van der Waals surface area contributed by atoms with Crippen molar-refractivity contribution in [2.75, 3.05) is 13.7 Å². The Hall–Kier alpha value is -2.95. The van der Waals surface area contributed by atoms with Crippen LogP contribution in [0.1, 0.15) is 41.3 Å². The van der Waals surface area contributed by atoms with E-state index in [1.165, 1.54) is 31.4 Å². The second kappa shape index (κ2) is 10.6. The van der Waals surface area contributed by atoms with Crippen LogP contribution in [-0.4, -0.2) is 44.1 Å². The number of aryl methyl sites for hydroxylation is 1. The minimum atomic E-state index is -4.31. The van der Waals surface area contributed by atoms with E-state index in [-0.39, 0.29) is 36.3 Å². The molecule has 0 spiro atoms. The number of benzene rings is 2. The summed E-state index contributed by atoms with van der Waals surface area (Å²) in [5.74, 6) is -1.27. The molecule has 10 heteroatoms. The monoisotopic (exact) mass is 464 g/mol. The van der Waals surface area contributed by atoms with Gasteiger partial charge in [-0.1, -0.05) is 12.1 Å². The van der Waals surface area contributed by atoms with E-state index in [4.69, 9.17) is 20.4 Å². The number of hydrogen-bond acceptors (Lipinski definition) is 8. The molecule has 0 aliphatic heterocycles. The van der Waals surface area contributed by atoms with Gasteiger partial charge in [0.2, 0.25) is 14.7 Å². The molecule has 1 unspecified atom stereocenters. The molecule has 0 saturated heterocycles.